The first kappa shape index (κ1) is 19.1. The number of ether oxygens (including phenoxy) is 1. The fraction of sp³-hybridized carbons (Fsp3) is 0.652. The minimum Gasteiger partial charge on any atom is -0.490 e. The molecule has 0 bridgehead atoms. The van der Waals surface area contributed by atoms with Gasteiger partial charge in [0.15, 0.2) is 0 Å². The van der Waals surface area contributed by atoms with Gasteiger partial charge in [-0.15, -0.1) is 10.2 Å². The molecule has 5 rings (SSSR count). The first-order chi connectivity index (χ1) is 14.3. The first-order valence-electron chi connectivity index (χ1n) is 11.5. The number of nitrogens with one attached hydrogen (secondary N) is 1. The zero-order valence-electron chi connectivity index (χ0n) is 17.4. The van der Waals surface area contributed by atoms with Crippen LogP contribution in [0, 0.1) is 0 Å². The summed E-state index contributed by atoms with van der Waals surface area (Å²) in [4.78, 5) is 2.54. The Labute approximate surface area is 173 Å². The number of fused-ring (bicyclic) bond motifs is 1. The third kappa shape index (κ3) is 4.48. The van der Waals surface area contributed by atoms with Crippen molar-refractivity contribution in [2.45, 2.75) is 76.6 Å². The second-order valence-corrected chi connectivity index (χ2v) is 8.83. The van der Waals surface area contributed by atoms with Crippen LogP contribution in [0.15, 0.2) is 24.3 Å². The van der Waals surface area contributed by atoms with Crippen molar-refractivity contribution in [3.8, 4) is 5.75 Å². The Balaban J connectivity index is 1.22. The van der Waals surface area contributed by atoms with E-state index in [1.165, 1.54) is 50.5 Å². The van der Waals surface area contributed by atoms with Gasteiger partial charge < -0.3 is 14.6 Å². The Hall–Kier alpha value is -1.92. The summed E-state index contributed by atoms with van der Waals surface area (Å²) in [5, 5.41) is 12.7. The number of benzene rings is 1. The number of piperidine rings is 1. The normalized spacial score (nSPS) is 23.7. The zero-order chi connectivity index (χ0) is 19.5. The summed E-state index contributed by atoms with van der Waals surface area (Å²) in [7, 11) is 0. The van der Waals surface area contributed by atoms with Gasteiger partial charge in [-0.1, -0.05) is 18.6 Å². The maximum Gasteiger partial charge on any atom is 0.150 e. The quantitative estimate of drug-likeness (QED) is 0.840. The molecule has 1 N–H and O–H groups in total. The molecule has 1 saturated heterocycles. The summed E-state index contributed by atoms with van der Waals surface area (Å²) in [5.74, 6) is 3.33. The van der Waals surface area contributed by atoms with E-state index in [0.29, 0.717) is 12.1 Å². The maximum atomic E-state index is 6.20. The van der Waals surface area contributed by atoms with Crippen molar-refractivity contribution >= 4 is 0 Å². The van der Waals surface area contributed by atoms with Crippen molar-refractivity contribution in [2.75, 3.05) is 19.6 Å². The zero-order valence-corrected chi connectivity index (χ0v) is 17.4. The van der Waals surface area contributed by atoms with Gasteiger partial charge in [-0.05, 0) is 62.8 Å². The molecule has 1 aromatic heterocycles. The van der Waals surface area contributed by atoms with E-state index in [4.69, 9.17) is 4.74 Å². The number of hydrogen-bond donors (Lipinski definition) is 1. The molecule has 1 aromatic carbocycles. The molecule has 2 fully saturated rings. The highest BCUT2D eigenvalue weighted by molar-refractivity contribution is 5.28. The van der Waals surface area contributed by atoms with Crippen LogP contribution >= 0.6 is 0 Å². The van der Waals surface area contributed by atoms with E-state index >= 15 is 0 Å². The summed E-state index contributed by atoms with van der Waals surface area (Å²) >= 11 is 0. The second-order valence-electron chi connectivity index (χ2n) is 8.83. The Morgan fingerprint density at radius 3 is 2.76 bits per heavy atom. The van der Waals surface area contributed by atoms with Gasteiger partial charge in [0.05, 0.1) is 12.1 Å². The van der Waals surface area contributed by atoms with E-state index in [0.717, 1.165) is 56.5 Å². The lowest BCUT2D eigenvalue weighted by Crippen LogP contribution is -2.30. The molecular formula is C23H33N5O. The topological polar surface area (TPSA) is 55.2 Å². The lowest BCUT2D eigenvalue weighted by atomic mass is 10.0. The Morgan fingerprint density at radius 1 is 1.00 bits per heavy atom. The molecule has 1 aliphatic carbocycles. The third-order valence-corrected chi connectivity index (χ3v) is 6.68. The molecule has 2 aliphatic heterocycles. The number of hydrogen-bond acceptors (Lipinski definition) is 5. The van der Waals surface area contributed by atoms with Crippen LogP contribution in [0.3, 0.4) is 0 Å². The molecular weight excluding hydrogens is 362 g/mol. The molecule has 0 spiro atoms. The maximum absolute atomic E-state index is 6.20. The summed E-state index contributed by atoms with van der Waals surface area (Å²) in [6.45, 7) is 5.12. The van der Waals surface area contributed by atoms with Crippen LogP contribution in [-0.4, -0.2) is 45.4 Å². The van der Waals surface area contributed by atoms with Gasteiger partial charge in [0.1, 0.15) is 17.4 Å². The molecule has 3 aliphatic rings. The number of rotatable bonds is 5. The molecule has 1 saturated carbocycles. The molecule has 29 heavy (non-hydrogen) atoms. The molecule has 3 heterocycles. The smallest absolute Gasteiger partial charge is 0.150 e. The van der Waals surface area contributed by atoms with Crippen LogP contribution in [0.1, 0.15) is 68.2 Å². The van der Waals surface area contributed by atoms with Crippen LogP contribution in [0.2, 0.25) is 0 Å². The molecule has 0 unspecified atom stereocenters. The van der Waals surface area contributed by atoms with E-state index in [-0.39, 0.29) is 0 Å². The minimum absolute atomic E-state index is 0.376. The summed E-state index contributed by atoms with van der Waals surface area (Å²) < 4.78 is 8.58. The van der Waals surface area contributed by atoms with Gasteiger partial charge in [-0.3, -0.25) is 4.90 Å². The predicted octanol–water partition coefficient (Wildman–Crippen LogP) is 3.47. The first-order valence-corrected chi connectivity index (χ1v) is 11.5. The van der Waals surface area contributed by atoms with Crippen LogP contribution in [0.5, 0.6) is 5.75 Å². The van der Waals surface area contributed by atoms with Crippen molar-refractivity contribution in [1.29, 1.82) is 0 Å². The molecule has 6 heteroatoms. The summed E-state index contributed by atoms with van der Waals surface area (Å²) in [5.41, 5.74) is 1.34. The fourth-order valence-electron chi connectivity index (χ4n) is 5.05. The Bertz CT molecular complexity index is 807. The minimum atomic E-state index is 0.376. The molecule has 0 amide bonds. The van der Waals surface area contributed by atoms with E-state index in [9.17, 15) is 0 Å². The summed E-state index contributed by atoms with van der Waals surface area (Å²) in [6, 6.07) is 9.08. The van der Waals surface area contributed by atoms with E-state index < -0.39 is 0 Å². The van der Waals surface area contributed by atoms with Crippen molar-refractivity contribution in [3.63, 3.8) is 0 Å². The molecule has 6 nitrogen and oxygen atoms in total. The lowest BCUT2D eigenvalue weighted by molar-refractivity contribution is 0.209. The van der Waals surface area contributed by atoms with Crippen LogP contribution in [-0.2, 0) is 19.5 Å². The molecule has 2 aromatic rings. The molecule has 156 valence electrons. The molecule has 1 atom stereocenters. The lowest BCUT2D eigenvalue weighted by Gasteiger charge is -2.24. The Morgan fingerprint density at radius 2 is 1.90 bits per heavy atom. The summed E-state index contributed by atoms with van der Waals surface area (Å²) in [6.07, 6.45) is 10.1. The van der Waals surface area contributed by atoms with E-state index in [1.807, 2.05) is 0 Å². The highest BCUT2D eigenvalue weighted by Gasteiger charge is 2.25. The average Bonchev–Trinajstić information content (AvgIpc) is 3.36. The largest absolute Gasteiger partial charge is 0.490 e. The van der Waals surface area contributed by atoms with Crippen molar-refractivity contribution in [3.05, 3.63) is 41.5 Å². The predicted molar refractivity (Wildman–Crippen MR) is 113 cm³/mol. The highest BCUT2D eigenvalue weighted by Crippen LogP contribution is 2.26. The van der Waals surface area contributed by atoms with Crippen molar-refractivity contribution in [1.82, 2.24) is 25.0 Å². The van der Waals surface area contributed by atoms with Gasteiger partial charge in [-0.2, -0.15) is 0 Å². The second kappa shape index (κ2) is 8.84. The Kier molecular flexibility index (Phi) is 5.81. The van der Waals surface area contributed by atoms with Gasteiger partial charge in [0.2, 0.25) is 0 Å². The van der Waals surface area contributed by atoms with Gasteiger partial charge in [-0.25, -0.2) is 0 Å². The van der Waals surface area contributed by atoms with Gasteiger partial charge >= 0.3 is 0 Å². The SMILES string of the molecule is c1cc(CN2CCc3nnc([C@@H]4CCCCN4)n3CC2)cc(OC2CCCC2)c1. The average molecular weight is 396 g/mol. The van der Waals surface area contributed by atoms with Crippen molar-refractivity contribution in [2.24, 2.45) is 0 Å². The van der Waals surface area contributed by atoms with Crippen LogP contribution in [0.25, 0.3) is 0 Å². The van der Waals surface area contributed by atoms with Gasteiger partial charge in [0.25, 0.3) is 0 Å². The monoisotopic (exact) mass is 395 g/mol. The standard InChI is InChI=1S/C23H33N5O/c1-2-8-19(7-1)29-20-9-5-6-18(16-20)17-27-13-11-22-25-26-23(28(22)15-14-27)21-10-3-4-12-24-21/h5-6,9,16,19,21,24H,1-4,7-8,10-15,17H2/t21-/m0/s1. The van der Waals surface area contributed by atoms with Crippen LogP contribution in [0.4, 0.5) is 0 Å². The molecule has 0 radical (unpaired) electrons. The van der Waals surface area contributed by atoms with Gasteiger partial charge in [0, 0.05) is 32.6 Å². The van der Waals surface area contributed by atoms with Crippen LogP contribution < -0.4 is 10.1 Å². The number of nitrogens with zero attached hydrogens (tertiary/aromatic N) is 4. The van der Waals surface area contributed by atoms with Crippen molar-refractivity contribution < 1.29 is 4.74 Å². The fourth-order valence-corrected chi connectivity index (χ4v) is 5.05. The third-order valence-electron chi connectivity index (χ3n) is 6.68. The van der Waals surface area contributed by atoms with E-state index in [2.05, 4.69) is 49.2 Å². The number of aromatic nitrogens is 3. The highest BCUT2D eigenvalue weighted by atomic mass is 16.5. The van der Waals surface area contributed by atoms with E-state index in [1.54, 1.807) is 0 Å².